The molecule has 92 valence electrons. The lowest BCUT2D eigenvalue weighted by molar-refractivity contribution is -0.873. The summed E-state index contributed by atoms with van der Waals surface area (Å²) in [7, 11) is 6.69. The zero-order valence-corrected chi connectivity index (χ0v) is 12.1. The van der Waals surface area contributed by atoms with E-state index in [9.17, 15) is 0 Å². The van der Waals surface area contributed by atoms with Crippen LogP contribution in [-0.4, -0.2) is 32.2 Å². The van der Waals surface area contributed by atoms with E-state index in [1.54, 1.807) is 0 Å². The zero-order valence-electron chi connectivity index (χ0n) is 12.1. The number of hydrogen-bond donors (Lipinski definition) is 0. The van der Waals surface area contributed by atoms with E-state index < -0.39 is 0 Å². The quantitative estimate of drug-likeness (QED) is 0.488. The van der Waals surface area contributed by atoms with Crippen molar-refractivity contribution in [2.75, 3.05) is 27.7 Å². The Kier molecular flexibility index (Phi) is 15.3. The van der Waals surface area contributed by atoms with Gasteiger partial charge in [0, 0.05) is 5.92 Å². The fourth-order valence-electron chi connectivity index (χ4n) is 1.59. The molecule has 0 bridgehead atoms. The van der Waals surface area contributed by atoms with Crippen molar-refractivity contribution >= 4 is 0 Å². The Morgan fingerprint density at radius 1 is 1.13 bits per heavy atom. The molecule has 0 heterocycles. The number of nitrogens with zero attached hydrogens (tertiary/aromatic N) is 1. The highest BCUT2D eigenvalue weighted by atomic mass is 15.3. The van der Waals surface area contributed by atoms with Crippen LogP contribution >= 0.6 is 0 Å². The second-order valence-electron chi connectivity index (χ2n) is 4.74. The summed E-state index contributed by atoms with van der Waals surface area (Å²) in [4.78, 5) is 0. The average molecular weight is 214 g/mol. The van der Waals surface area contributed by atoms with Crippen molar-refractivity contribution in [1.29, 1.82) is 0 Å². The summed E-state index contributed by atoms with van der Waals surface area (Å²) in [6, 6.07) is 0. The molecule has 0 aliphatic carbocycles. The largest absolute Gasteiger partial charge is 0.331 e. The highest BCUT2D eigenvalue weighted by Gasteiger charge is 2.12. The van der Waals surface area contributed by atoms with Gasteiger partial charge in [0.25, 0.3) is 0 Å². The van der Waals surface area contributed by atoms with Gasteiger partial charge >= 0.3 is 0 Å². The van der Waals surface area contributed by atoms with Crippen LogP contribution in [0.15, 0.2) is 25.3 Å². The Morgan fingerprint density at radius 3 is 1.67 bits per heavy atom. The molecule has 0 aromatic carbocycles. The van der Waals surface area contributed by atoms with Gasteiger partial charge < -0.3 is 4.48 Å². The van der Waals surface area contributed by atoms with E-state index in [2.05, 4.69) is 54.7 Å². The first kappa shape index (κ1) is 19.9. The first-order chi connectivity index (χ1) is 6.81. The Bertz CT molecular complexity index is 142. The minimum Gasteiger partial charge on any atom is -0.331 e. The average Bonchev–Trinajstić information content (AvgIpc) is 2.06. The smallest absolute Gasteiger partial charge is 0.0809 e. The molecule has 0 saturated heterocycles. The first-order valence-electron chi connectivity index (χ1n) is 5.76. The van der Waals surface area contributed by atoms with Gasteiger partial charge in [-0.1, -0.05) is 26.3 Å². The molecule has 0 N–H and O–H groups in total. The van der Waals surface area contributed by atoms with Crippen molar-refractivity contribution < 1.29 is 4.48 Å². The van der Waals surface area contributed by atoms with Gasteiger partial charge in [-0.3, -0.25) is 0 Å². The summed E-state index contributed by atoms with van der Waals surface area (Å²) in [6.07, 6.45) is 1.16. The maximum absolute atomic E-state index is 3.92. The van der Waals surface area contributed by atoms with Crippen LogP contribution in [0.3, 0.4) is 0 Å². The molecule has 0 spiro atoms. The molecular formula is C14H32N+. The topological polar surface area (TPSA) is 0 Å². The minimum absolute atomic E-state index is 0.757. The van der Waals surface area contributed by atoms with Crippen molar-refractivity contribution in [2.24, 2.45) is 5.92 Å². The van der Waals surface area contributed by atoms with E-state index in [1.807, 2.05) is 13.8 Å². The molecule has 0 aromatic heterocycles. The molecule has 0 aliphatic heterocycles. The normalized spacial score (nSPS) is 11.4. The summed E-state index contributed by atoms with van der Waals surface area (Å²) >= 11 is 0. The molecule has 1 heteroatoms. The summed E-state index contributed by atoms with van der Waals surface area (Å²) in [5, 5.41) is 0. The van der Waals surface area contributed by atoms with Crippen LogP contribution in [0.1, 0.15) is 34.1 Å². The summed E-state index contributed by atoms with van der Waals surface area (Å²) in [5.41, 5.74) is 1.30. The van der Waals surface area contributed by atoms with E-state index in [1.165, 1.54) is 12.1 Å². The van der Waals surface area contributed by atoms with Crippen molar-refractivity contribution in [3.63, 3.8) is 0 Å². The van der Waals surface area contributed by atoms with Crippen LogP contribution < -0.4 is 0 Å². The number of rotatable bonds is 4. The lowest BCUT2D eigenvalue weighted by atomic mass is 10.0. The molecule has 0 radical (unpaired) electrons. The Morgan fingerprint density at radius 2 is 1.47 bits per heavy atom. The van der Waals surface area contributed by atoms with Gasteiger partial charge in [0.1, 0.15) is 0 Å². The Balaban J connectivity index is -0.000000318. The fourth-order valence-corrected chi connectivity index (χ4v) is 1.59. The summed E-state index contributed by atoms with van der Waals surface area (Å²) in [6.45, 7) is 19.5. The third-order valence-electron chi connectivity index (χ3n) is 1.56. The van der Waals surface area contributed by atoms with Crippen LogP contribution in [0.4, 0.5) is 0 Å². The van der Waals surface area contributed by atoms with Crippen LogP contribution in [0, 0.1) is 5.92 Å². The maximum Gasteiger partial charge on any atom is 0.0809 e. The fraction of sp³-hybridized carbons (Fsp3) is 0.714. The summed E-state index contributed by atoms with van der Waals surface area (Å²) < 4.78 is 1.05. The molecule has 1 atom stereocenters. The molecule has 0 aromatic rings. The predicted molar refractivity (Wildman–Crippen MR) is 74.1 cm³/mol. The van der Waals surface area contributed by atoms with Gasteiger partial charge in [-0.2, -0.15) is 0 Å². The van der Waals surface area contributed by atoms with E-state index in [0.29, 0.717) is 0 Å². The number of hydrogen-bond acceptors (Lipinski definition) is 0. The molecule has 0 amide bonds. The Labute approximate surface area is 98.1 Å². The van der Waals surface area contributed by atoms with Gasteiger partial charge in [0.2, 0.25) is 0 Å². The molecule has 1 unspecified atom stereocenters. The van der Waals surface area contributed by atoms with Gasteiger partial charge in [-0.05, 0) is 13.3 Å². The molecule has 0 fully saturated rings. The maximum atomic E-state index is 3.92. The third kappa shape index (κ3) is 24.7. The highest BCUT2D eigenvalue weighted by molar-refractivity contribution is 4.89. The zero-order chi connectivity index (χ0) is 13.1. The van der Waals surface area contributed by atoms with Crippen molar-refractivity contribution in [3.05, 3.63) is 25.3 Å². The highest BCUT2D eigenvalue weighted by Crippen LogP contribution is 2.11. The monoisotopic (exact) mass is 214 g/mol. The van der Waals surface area contributed by atoms with Crippen LogP contribution in [0.2, 0.25) is 0 Å². The van der Waals surface area contributed by atoms with E-state index in [-0.39, 0.29) is 0 Å². The molecular weight excluding hydrogens is 182 g/mol. The van der Waals surface area contributed by atoms with Crippen molar-refractivity contribution in [3.8, 4) is 0 Å². The van der Waals surface area contributed by atoms with Gasteiger partial charge in [0.05, 0.1) is 27.7 Å². The molecule has 0 rings (SSSR count). The lowest BCUT2D eigenvalue weighted by Gasteiger charge is -2.27. The van der Waals surface area contributed by atoms with Crippen LogP contribution in [-0.2, 0) is 0 Å². The molecule has 15 heavy (non-hydrogen) atoms. The third-order valence-corrected chi connectivity index (χ3v) is 1.56. The summed E-state index contributed by atoms with van der Waals surface area (Å²) in [5.74, 6) is 0.757. The molecule has 1 nitrogen and oxygen atoms in total. The van der Waals surface area contributed by atoms with Gasteiger partial charge in [-0.15, -0.1) is 19.7 Å². The second-order valence-corrected chi connectivity index (χ2v) is 4.74. The van der Waals surface area contributed by atoms with E-state index >= 15 is 0 Å². The lowest BCUT2D eigenvalue weighted by Crippen LogP contribution is -2.38. The van der Waals surface area contributed by atoms with E-state index in [0.717, 1.165) is 16.8 Å². The van der Waals surface area contributed by atoms with Crippen molar-refractivity contribution in [1.82, 2.24) is 0 Å². The van der Waals surface area contributed by atoms with Gasteiger partial charge in [-0.25, -0.2) is 0 Å². The number of quaternary nitrogens is 1. The molecule has 0 saturated carbocycles. The van der Waals surface area contributed by atoms with Gasteiger partial charge in [0.15, 0.2) is 0 Å². The Hall–Kier alpha value is -0.560. The molecule has 0 aliphatic rings. The minimum atomic E-state index is 0.757. The van der Waals surface area contributed by atoms with Crippen molar-refractivity contribution in [2.45, 2.75) is 34.1 Å². The second kappa shape index (κ2) is 11.5. The predicted octanol–water partition coefficient (Wildman–Crippen LogP) is 4.12. The van der Waals surface area contributed by atoms with E-state index in [4.69, 9.17) is 0 Å². The number of allylic oxidation sites excluding steroid dienone is 1. The SMILES string of the molecule is C=C.C=C(C)CC(C)C[N+](C)(C)C.CC. The van der Waals surface area contributed by atoms with Crippen LogP contribution in [0.5, 0.6) is 0 Å². The first-order valence-corrected chi connectivity index (χ1v) is 5.76. The van der Waals surface area contributed by atoms with Crippen LogP contribution in [0.25, 0.3) is 0 Å². The standard InChI is InChI=1S/C10H22N.C2H6.C2H4/c1-9(2)7-10(3)8-11(4,5)6;2*1-2/h10H,1,7-8H2,2-6H3;1-2H3;1-2H2/q+1;;.